The van der Waals surface area contributed by atoms with Crippen LogP contribution in [0.2, 0.25) is 5.02 Å². The van der Waals surface area contributed by atoms with Crippen LogP contribution < -0.4 is 0 Å². The number of aromatic nitrogens is 3. The van der Waals surface area contributed by atoms with E-state index in [0.29, 0.717) is 34.3 Å². The molecule has 0 fully saturated rings. The number of phenols is 1. The number of nitrogens with zero attached hydrogens (tertiary/aromatic N) is 3. The lowest BCUT2D eigenvalue weighted by molar-refractivity contribution is 0.202. The van der Waals surface area contributed by atoms with Gasteiger partial charge in [0.2, 0.25) is 0 Å². The number of phenolic OH excluding ortho intramolecular Hbond substituents is 1. The molecular weight excluding hydrogens is 450 g/mol. The Morgan fingerprint density at radius 1 is 1.12 bits per heavy atom. The zero-order chi connectivity index (χ0) is 24.9. The fraction of sp³-hybridized carbons (Fsp3) is 0.481. The van der Waals surface area contributed by atoms with Crippen LogP contribution in [0, 0.1) is 5.92 Å². The highest BCUT2D eigenvalue weighted by atomic mass is 35.5. The van der Waals surface area contributed by atoms with Crippen molar-refractivity contribution < 1.29 is 14.6 Å². The van der Waals surface area contributed by atoms with Crippen molar-refractivity contribution in [2.45, 2.75) is 72.1 Å². The lowest BCUT2D eigenvalue weighted by Crippen LogP contribution is -2.14. The topological polar surface area (TPSA) is 77.2 Å². The molecule has 1 heterocycles. The second kappa shape index (κ2) is 11.1. The first-order chi connectivity index (χ1) is 16.1. The van der Waals surface area contributed by atoms with Crippen molar-refractivity contribution in [1.29, 1.82) is 0 Å². The number of rotatable bonds is 10. The molecule has 0 aliphatic rings. The predicted molar refractivity (Wildman–Crippen MR) is 136 cm³/mol. The highest BCUT2D eigenvalue weighted by Crippen LogP contribution is 2.37. The molecule has 1 N–H and O–H groups in total. The van der Waals surface area contributed by atoms with Gasteiger partial charge in [0, 0.05) is 17.0 Å². The average Bonchev–Trinajstić information content (AvgIpc) is 3.18. The number of benzene rings is 2. The van der Waals surface area contributed by atoms with Crippen LogP contribution >= 0.6 is 11.6 Å². The summed E-state index contributed by atoms with van der Waals surface area (Å²) in [6.45, 7) is 11.0. The summed E-state index contributed by atoms with van der Waals surface area (Å²) in [6, 6.07) is 8.96. The molecule has 0 amide bonds. The zero-order valence-electron chi connectivity index (χ0n) is 20.7. The minimum Gasteiger partial charge on any atom is -0.505 e. The van der Waals surface area contributed by atoms with Crippen LogP contribution in [0.25, 0.3) is 16.7 Å². The first kappa shape index (κ1) is 25.8. The number of fused-ring (bicyclic) bond motifs is 1. The standard InChI is InChI=1S/C27H34ClN3O3/c1-18(2)9-7-6-8-12-34-21(17-32)13-19-14-22(27(3,4)5)26(33)25(15-19)31-29-23-11-10-20(28)16-24(23)30-31/h10-11,14-16,18,33H,6-9,12-13H2,1-5H3. The van der Waals surface area contributed by atoms with E-state index in [1.807, 2.05) is 32.8 Å². The Labute approximate surface area is 206 Å². The second-order valence-electron chi connectivity index (χ2n) is 10.2. The monoisotopic (exact) mass is 483 g/mol. The third-order valence-corrected chi connectivity index (χ3v) is 5.93. The van der Waals surface area contributed by atoms with Crippen LogP contribution in [-0.2, 0) is 21.4 Å². The van der Waals surface area contributed by atoms with Crippen LogP contribution in [0.4, 0.5) is 0 Å². The summed E-state index contributed by atoms with van der Waals surface area (Å²) < 4.78 is 5.74. The number of ether oxygens (including phenoxy) is 1. The van der Waals surface area contributed by atoms with Crippen molar-refractivity contribution in [2.75, 3.05) is 6.61 Å². The quantitative estimate of drug-likeness (QED) is 0.200. The van der Waals surface area contributed by atoms with Gasteiger partial charge in [-0.25, -0.2) is 4.79 Å². The first-order valence-corrected chi connectivity index (χ1v) is 12.2. The fourth-order valence-corrected chi connectivity index (χ4v) is 3.99. The van der Waals surface area contributed by atoms with Gasteiger partial charge in [-0.15, -0.1) is 15.0 Å². The molecule has 2 aromatic carbocycles. The molecule has 0 aliphatic carbocycles. The van der Waals surface area contributed by atoms with Gasteiger partial charge in [-0.05, 0) is 47.6 Å². The van der Waals surface area contributed by atoms with Gasteiger partial charge in [0.1, 0.15) is 22.5 Å². The number of halogens is 1. The number of carbonyl (C=O) groups excluding carboxylic acids is 1. The Morgan fingerprint density at radius 2 is 1.85 bits per heavy atom. The molecule has 6 nitrogen and oxygen atoms in total. The Morgan fingerprint density at radius 3 is 2.53 bits per heavy atom. The molecule has 1 aromatic heterocycles. The van der Waals surface area contributed by atoms with Gasteiger partial charge in [0.05, 0.1) is 6.61 Å². The molecule has 0 saturated carbocycles. The predicted octanol–water partition coefficient (Wildman–Crippen LogP) is 6.57. The molecular formula is C27H34ClN3O3. The third-order valence-electron chi connectivity index (χ3n) is 5.70. The van der Waals surface area contributed by atoms with E-state index < -0.39 is 0 Å². The molecule has 7 heteroatoms. The maximum Gasteiger partial charge on any atom is 0.183 e. The summed E-state index contributed by atoms with van der Waals surface area (Å²) in [7, 11) is 0. The fourth-order valence-electron chi connectivity index (χ4n) is 3.83. The Hall–Kier alpha value is -2.82. The van der Waals surface area contributed by atoms with Crippen LogP contribution in [0.15, 0.2) is 36.1 Å². The number of allylic oxidation sites excluding steroid dienone is 1. The normalized spacial score (nSPS) is 11.7. The molecule has 3 aromatic rings. The van der Waals surface area contributed by atoms with Gasteiger partial charge >= 0.3 is 0 Å². The van der Waals surface area contributed by atoms with Crippen molar-refractivity contribution >= 4 is 28.6 Å². The molecule has 3 rings (SSSR count). The average molecular weight is 484 g/mol. The van der Waals surface area contributed by atoms with E-state index >= 15 is 0 Å². The summed E-state index contributed by atoms with van der Waals surface area (Å²) in [4.78, 5) is 13.0. The number of aromatic hydroxyl groups is 1. The van der Waals surface area contributed by atoms with Crippen molar-refractivity contribution in [3.05, 3.63) is 52.2 Å². The molecule has 0 unspecified atom stereocenters. The lowest BCUT2D eigenvalue weighted by atomic mass is 9.84. The molecule has 182 valence electrons. The molecule has 0 spiro atoms. The van der Waals surface area contributed by atoms with Crippen LogP contribution in [0.1, 0.15) is 71.4 Å². The number of hydrogen-bond donors (Lipinski definition) is 1. The summed E-state index contributed by atoms with van der Waals surface area (Å²) in [5.74, 6) is 3.01. The van der Waals surface area contributed by atoms with Crippen LogP contribution in [0.5, 0.6) is 5.75 Å². The number of unbranched alkanes of at least 4 members (excludes halogenated alkanes) is 2. The summed E-state index contributed by atoms with van der Waals surface area (Å²) in [5, 5.41) is 20.7. The SMILES string of the molecule is CC(C)CCCCCOC(=C=O)Cc1cc(-n2nc3ccc(Cl)cc3n2)c(O)c(C(C)(C)C)c1. The third kappa shape index (κ3) is 6.62. The molecule has 0 bridgehead atoms. The van der Waals surface area contributed by atoms with E-state index in [4.69, 9.17) is 16.3 Å². The highest BCUT2D eigenvalue weighted by molar-refractivity contribution is 6.31. The number of hydrogen-bond acceptors (Lipinski definition) is 5. The summed E-state index contributed by atoms with van der Waals surface area (Å²) in [6.07, 6.45) is 4.61. The van der Waals surface area contributed by atoms with E-state index in [-0.39, 0.29) is 23.3 Å². The van der Waals surface area contributed by atoms with Crippen molar-refractivity contribution in [3.63, 3.8) is 0 Å². The van der Waals surface area contributed by atoms with E-state index in [1.165, 1.54) is 11.2 Å². The Kier molecular flexibility index (Phi) is 8.40. The van der Waals surface area contributed by atoms with Gasteiger partial charge in [0.15, 0.2) is 11.7 Å². The highest BCUT2D eigenvalue weighted by Gasteiger charge is 2.24. The van der Waals surface area contributed by atoms with Gasteiger partial charge in [-0.1, -0.05) is 71.5 Å². The van der Waals surface area contributed by atoms with E-state index in [2.05, 4.69) is 24.0 Å². The maximum atomic E-state index is 11.6. The summed E-state index contributed by atoms with van der Waals surface area (Å²) in [5.41, 5.74) is 2.94. The van der Waals surface area contributed by atoms with Gasteiger partial charge in [0.25, 0.3) is 0 Å². The molecule has 0 atom stereocenters. The van der Waals surface area contributed by atoms with E-state index in [9.17, 15) is 9.90 Å². The lowest BCUT2D eigenvalue weighted by Gasteiger charge is -2.23. The van der Waals surface area contributed by atoms with Crippen LogP contribution in [0.3, 0.4) is 0 Å². The van der Waals surface area contributed by atoms with Crippen molar-refractivity contribution in [1.82, 2.24) is 15.0 Å². The molecule has 0 radical (unpaired) electrons. The van der Waals surface area contributed by atoms with Gasteiger partial charge < -0.3 is 9.84 Å². The van der Waals surface area contributed by atoms with E-state index in [1.54, 1.807) is 24.3 Å². The van der Waals surface area contributed by atoms with Gasteiger partial charge in [-0.2, -0.15) is 0 Å². The minimum absolute atomic E-state index is 0.102. The van der Waals surface area contributed by atoms with Crippen LogP contribution in [-0.4, -0.2) is 32.6 Å². The molecule has 0 aliphatic heterocycles. The largest absolute Gasteiger partial charge is 0.505 e. The van der Waals surface area contributed by atoms with Crippen molar-refractivity contribution in [3.8, 4) is 11.4 Å². The minimum atomic E-state index is -0.340. The maximum absolute atomic E-state index is 11.6. The van der Waals surface area contributed by atoms with Gasteiger partial charge in [-0.3, -0.25) is 0 Å². The smallest absolute Gasteiger partial charge is 0.183 e. The Balaban J connectivity index is 1.85. The molecule has 34 heavy (non-hydrogen) atoms. The summed E-state index contributed by atoms with van der Waals surface area (Å²) >= 11 is 6.09. The zero-order valence-corrected chi connectivity index (χ0v) is 21.4. The molecule has 0 saturated heterocycles. The Bertz CT molecular complexity index is 1190. The first-order valence-electron chi connectivity index (χ1n) is 11.8. The second-order valence-corrected chi connectivity index (χ2v) is 10.6. The van der Waals surface area contributed by atoms with E-state index in [0.717, 1.165) is 30.4 Å². The van der Waals surface area contributed by atoms with Crippen molar-refractivity contribution in [2.24, 2.45) is 5.92 Å².